The molecule has 1 saturated carbocycles. The molecule has 6 heteroatoms. The van der Waals surface area contributed by atoms with E-state index in [0.29, 0.717) is 12.2 Å². The van der Waals surface area contributed by atoms with Crippen LogP contribution in [0.2, 0.25) is 0 Å². The quantitative estimate of drug-likeness (QED) is 0.833. The van der Waals surface area contributed by atoms with Crippen molar-refractivity contribution in [3.63, 3.8) is 0 Å². The van der Waals surface area contributed by atoms with Crippen LogP contribution in [0.1, 0.15) is 23.2 Å². The number of amides is 1. The molecule has 2 heterocycles. The maximum Gasteiger partial charge on any atom is 0.270 e. The Kier molecular flexibility index (Phi) is 3.02. The molecule has 0 atom stereocenters. The maximum atomic E-state index is 12.2. The molecule has 0 unspecified atom stereocenters. The van der Waals surface area contributed by atoms with Crippen molar-refractivity contribution >= 4 is 11.6 Å². The number of carbonyl (C=O) groups excluding carboxylic acids is 1. The zero-order valence-corrected chi connectivity index (χ0v) is 10.9. The molecule has 1 fully saturated rings. The van der Waals surface area contributed by atoms with Gasteiger partial charge in [0.05, 0.1) is 6.61 Å². The number of aliphatic hydroxyl groups excluding tert-OH is 1. The van der Waals surface area contributed by atoms with Crippen LogP contribution in [0, 0.1) is 5.41 Å². The minimum Gasteiger partial charge on any atom is -0.396 e. The lowest BCUT2D eigenvalue weighted by molar-refractivity contribution is 0.0933. The van der Waals surface area contributed by atoms with Gasteiger partial charge in [-0.25, -0.2) is 4.98 Å². The van der Waals surface area contributed by atoms with Crippen LogP contribution < -0.4 is 10.9 Å². The molecule has 3 rings (SSSR count). The Morgan fingerprint density at radius 2 is 2.25 bits per heavy atom. The molecule has 0 bridgehead atoms. The highest BCUT2D eigenvalue weighted by atomic mass is 16.3. The molecule has 0 aliphatic heterocycles. The van der Waals surface area contributed by atoms with E-state index in [4.69, 9.17) is 0 Å². The highest BCUT2D eigenvalue weighted by molar-refractivity contribution is 5.93. The van der Waals surface area contributed by atoms with Crippen molar-refractivity contribution in [1.29, 1.82) is 0 Å². The lowest BCUT2D eigenvalue weighted by Crippen LogP contribution is -2.36. The summed E-state index contributed by atoms with van der Waals surface area (Å²) in [6, 6.07) is 5.19. The van der Waals surface area contributed by atoms with E-state index >= 15 is 0 Å². The largest absolute Gasteiger partial charge is 0.396 e. The normalized spacial score (nSPS) is 16.1. The van der Waals surface area contributed by atoms with Gasteiger partial charge in [-0.1, -0.05) is 6.07 Å². The highest BCUT2D eigenvalue weighted by Gasteiger charge is 2.42. The van der Waals surface area contributed by atoms with E-state index in [1.807, 2.05) is 0 Å². The third kappa shape index (κ3) is 2.18. The minimum absolute atomic E-state index is 0.0161. The molecule has 0 aromatic carbocycles. The van der Waals surface area contributed by atoms with Gasteiger partial charge in [0.2, 0.25) is 0 Å². The summed E-state index contributed by atoms with van der Waals surface area (Å²) in [6.45, 7) is 0.446. The van der Waals surface area contributed by atoms with E-state index in [1.165, 1.54) is 10.6 Å². The van der Waals surface area contributed by atoms with Crippen molar-refractivity contribution in [2.24, 2.45) is 5.41 Å². The number of rotatable bonds is 4. The topological polar surface area (TPSA) is 83.7 Å². The second-order valence-corrected chi connectivity index (χ2v) is 5.25. The van der Waals surface area contributed by atoms with E-state index in [1.54, 1.807) is 24.4 Å². The molecule has 2 aromatic heterocycles. The monoisotopic (exact) mass is 273 g/mol. The number of hydrogen-bond donors (Lipinski definition) is 2. The first-order valence-corrected chi connectivity index (χ1v) is 6.51. The lowest BCUT2D eigenvalue weighted by atomic mass is 10.1. The van der Waals surface area contributed by atoms with Crippen LogP contribution in [0.5, 0.6) is 0 Å². The zero-order chi connectivity index (χ0) is 14.2. The van der Waals surface area contributed by atoms with Crippen LogP contribution in [0.25, 0.3) is 5.65 Å². The van der Waals surface area contributed by atoms with E-state index in [9.17, 15) is 14.7 Å². The molecule has 0 spiro atoms. The number of aromatic nitrogens is 2. The van der Waals surface area contributed by atoms with Crippen LogP contribution >= 0.6 is 0 Å². The predicted octanol–water partition coefficient (Wildman–Crippen LogP) is 0.197. The van der Waals surface area contributed by atoms with Crippen molar-refractivity contribution in [2.45, 2.75) is 12.8 Å². The molecule has 1 aliphatic rings. The Morgan fingerprint density at radius 3 is 2.95 bits per heavy atom. The number of hydrogen-bond acceptors (Lipinski definition) is 4. The number of aliphatic hydroxyl groups is 1. The number of carbonyl (C=O) groups is 1. The molecule has 104 valence electrons. The van der Waals surface area contributed by atoms with Crippen LogP contribution in [0.3, 0.4) is 0 Å². The predicted molar refractivity (Wildman–Crippen MR) is 72.5 cm³/mol. The second kappa shape index (κ2) is 4.72. The van der Waals surface area contributed by atoms with Crippen molar-refractivity contribution in [2.75, 3.05) is 13.2 Å². The molecule has 1 amide bonds. The third-order valence-electron chi connectivity index (χ3n) is 3.77. The fraction of sp³-hybridized carbons (Fsp3) is 0.357. The van der Waals surface area contributed by atoms with Crippen molar-refractivity contribution < 1.29 is 9.90 Å². The van der Waals surface area contributed by atoms with Gasteiger partial charge < -0.3 is 10.4 Å². The first-order chi connectivity index (χ1) is 9.65. The highest BCUT2D eigenvalue weighted by Crippen LogP contribution is 2.44. The van der Waals surface area contributed by atoms with Gasteiger partial charge in [-0.3, -0.25) is 14.0 Å². The summed E-state index contributed by atoms with van der Waals surface area (Å²) in [5.41, 5.74) is -0.0525. The fourth-order valence-electron chi connectivity index (χ4n) is 2.11. The molecule has 2 aromatic rings. The molecule has 6 nitrogen and oxygen atoms in total. The number of nitrogens with zero attached hydrogens (tertiary/aromatic N) is 2. The van der Waals surface area contributed by atoms with Gasteiger partial charge in [0.1, 0.15) is 11.2 Å². The summed E-state index contributed by atoms with van der Waals surface area (Å²) in [5, 5.41) is 11.9. The van der Waals surface area contributed by atoms with Gasteiger partial charge >= 0.3 is 0 Å². The number of nitrogens with one attached hydrogen (secondary N) is 1. The maximum absolute atomic E-state index is 12.2. The van der Waals surface area contributed by atoms with Gasteiger partial charge in [0.15, 0.2) is 0 Å². The number of pyridine rings is 1. The van der Waals surface area contributed by atoms with Crippen LogP contribution in [-0.2, 0) is 0 Å². The summed E-state index contributed by atoms with van der Waals surface area (Å²) in [5.74, 6) is -0.444. The minimum atomic E-state index is -0.444. The second-order valence-electron chi connectivity index (χ2n) is 5.25. The number of fused-ring (bicyclic) bond motifs is 1. The third-order valence-corrected chi connectivity index (χ3v) is 3.77. The molecule has 0 saturated heterocycles. The van der Waals surface area contributed by atoms with E-state index in [0.717, 1.165) is 12.8 Å². The van der Waals surface area contributed by atoms with E-state index in [2.05, 4.69) is 10.3 Å². The van der Waals surface area contributed by atoms with Crippen LogP contribution in [0.4, 0.5) is 0 Å². The van der Waals surface area contributed by atoms with Crippen molar-refractivity contribution in [3.8, 4) is 0 Å². The standard InChI is InChI=1S/C14H15N3O3/c18-9-14(4-5-14)8-16-12(19)10-7-15-11-3-1-2-6-17(11)13(10)20/h1-3,6-7,18H,4-5,8-9H2,(H,16,19). The Hall–Kier alpha value is -2.21. The molecule has 20 heavy (non-hydrogen) atoms. The first kappa shape index (κ1) is 12.8. The van der Waals surface area contributed by atoms with Crippen molar-refractivity contribution in [1.82, 2.24) is 14.7 Å². The van der Waals surface area contributed by atoms with Gasteiger partial charge in [-0.05, 0) is 25.0 Å². The van der Waals surface area contributed by atoms with Gasteiger partial charge in [0, 0.05) is 24.4 Å². The molecule has 2 N–H and O–H groups in total. The SMILES string of the molecule is O=C(NCC1(CO)CC1)c1cnc2ccccn2c1=O. The van der Waals surface area contributed by atoms with Gasteiger partial charge in [-0.2, -0.15) is 0 Å². The van der Waals surface area contributed by atoms with Crippen LogP contribution in [0.15, 0.2) is 35.4 Å². The van der Waals surface area contributed by atoms with Gasteiger partial charge in [-0.15, -0.1) is 0 Å². The van der Waals surface area contributed by atoms with Gasteiger partial charge in [0.25, 0.3) is 11.5 Å². The van der Waals surface area contributed by atoms with E-state index in [-0.39, 0.29) is 23.1 Å². The average molecular weight is 273 g/mol. The molecule has 0 radical (unpaired) electrons. The Morgan fingerprint density at radius 1 is 1.45 bits per heavy atom. The summed E-state index contributed by atoms with van der Waals surface area (Å²) in [7, 11) is 0. The zero-order valence-electron chi connectivity index (χ0n) is 10.9. The van der Waals surface area contributed by atoms with Crippen molar-refractivity contribution in [3.05, 3.63) is 46.5 Å². The summed E-state index contributed by atoms with van der Waals surface area (Å²) < 4.78 is 1.34. The Balaban J connectivity index is 1.85. The van der Waals surface area contributed by atoms with E-state index < -0.39 is 5.91 Å². The molecule has 1 aliphatic carbocycles. The lowest BCUT2D eigenvalue weighted by Gasteiger charge is -2.12. The summed E-state index contributed by atoms with van der Waals surface area (Å²) in [6.07, 6.45) is 4.68. The Labute approximate surface area is 115 Å². The summed E-state index contributed by atoms with van der Waals surface area (Å²) in [4.78, 5) is 28.3. The fourth-order valence-corrected chi connectivity index (χ4v) is 2.11. The Bertz CT molecular complexity index is 719. The average Bonchev–Trinajstić information content (AvgIpc) is 3.26. The van der Waals surface area contributed by atoms with Crippen LogP contribution in [-0.4, -0.2) is 33.6 Å². The smallest absolute Gasteiger partial charge is 0.270 e. The molecular weight excluding hydrogens is 258 g/mol. The summed E-state index contributed by atoms with van der Waals surface area (Å²) >= 11 is 0. The molecular formula is C14H15N3O3. The first-order valence-electron chi connectivity index (χ1n) is 6.51.